The van der Waals surface area contributed by atoms with Crippen LogP contribution in [0, 0.1) is 5.92 Å². The van der Waals surface area contributed by atoms with Gasteiger partial charge in [-0.2, -0.15) is 0 Å². The number of rotatable bonds is 5. The largest absolute Gasteiger partial charge is 0.345 e. The molecule has 0 spiro atoms. The van der Waals surface area contributed by atoms with Gasteiger partial charge in [-0.25, -0.2) is 0 Å². The van der Waals surface area contributed by atoms with Crippen LogP contribution in [0.4, 0.5) is 0 Å². The third-order valence-corrected chi connectivity index (χ3v) is 6.11. The van der Waals surface area contributed by atoms with Gasteiger partial charge in [0, 0.05) is 11.2 Å². The fraction of sp³-hybridized carbons (Fsp3) is 0.409. The second kappa shape index (κ2) is 7.55. The van der Waals surface area contributed by atoms with Crippen molar-refractivity contribution in [3.63, 3.8) is 0 Å². The highest BCUT2D eigenvalue weighted by molar-refractivity contribution is 6.30. The molecule has 146 valence electrons. The van der Waals surface area contributed by atoms with Crippen molar-refractivity contribution in [3.8, 4) is 0 Å². The third-order valence-electron chi connectivity index (χ3n) is 5.86. The molecule has 2 heterocycles. The van der Waals surface area contributed by atoms with E-state index in [4.69, 9.17) is 11.6 Å². The normalized spacial score (nSPS) is 17.1. The van der Waals surface area contributed by atoms with Crippen LogP contribution in [0.15, 0.2) is 48.7 Å². The minimum absolute atomic E-state index is 0.0682. The van der Waals surface area contributed by atoms with Gasteiger partial charge in [-0.15, -0.1) is 10.2 Å². The van der Waals surface area contributed by atoms with E-state index in [0.717, 1.165) is 42.7 Å². The van der Waals surface area contributed by atoms with Crippen molar-refractivity contribution >= 4 is 23.2 Å². The molecular formula is C22H25ClN4O. The Morgan fingerprint density at radius 2 is 1.82 bits per heavy atom. The molecule has 0 radical (unpaired) electrons. The number of benzene rings is 1. The Labute approximate surface area is 170 Å². The van der Waals surface area contributed by atoms with Crippen molar-refractivity contribution < 1.29 is 4.79 Å². The topological polar surface area (TPSA) is 59.3 Å². The molecule has 0 unspecified atom stereocenters. The van der Waals surface area contributed by atoms with Crippen LogP contribution in [-0.2, 0) is 10.2 Å². The summed E-state index contributed by atoms with van der Waals surface area (Å²) < 4.78 is 1.95. The van der Waals surface area contributed by atoms with Crippen molar-refractivity contribution in [2.45, 2.75) is 51.0 Å². The fourth-order valence-electron chi connectivity index (χ4n) is 4.28. The molecule has 6 heteroatoms. The lowest BCUT2D eigenvalue weighted by Gasteiger charge is -2.31. The van der Waals surface area contributed by atoms with Gasteiger partial charge in [-0.3, -0.25) is 9.20 Å². The molecule has 1 aliphatic carbocycles. The molecule has 1 N–H and O–H groups in total. The van der Waals surface area contributed by atoms with Gasteiger partial charge in [0.2, 0.25) is 5.91 Å². The Kier molecular flexibility index (Phi) is 5.11. The van der Waals surface area contributed by atoms with Crippen LogP contribution in [0.5, 0.6) is 0 Å². The van der Waals surface area contributed by atoms with Gasteiger partial charge in [0.15, 0.2) is 11.5 Å². The van der Waals surface area contributed by atoms with E-state index in [2.05, 4.69) is 29.4 Å². The van der Waals surface area contributed by atoms with Crippen LogP contribution in [0.2, 0.25) is 5.02 Å². The molecule has 1 amide bonds. The van der Waals surface area contributed by atoms with E-state index >= 15 is 0 Å². The van der Waals surface area contributed by atoms with Crippen LogP contribution in [0.1, 0.15) is 57.0 Å². The summed E-state index contributed by atoms with van der Waals surface area (Å²) in [5, 5.41) is 12.6. The second-order valence-electron chi connectivity index (χ2n) is 7.98. The maximum Gasteiger partial charge on any atom is 0.231 e. The van der Waals surface area contributed by atoms with E-state index < -0.39 is 5.41 Å². The molecule has 1 saturated carbocycles. The first-order chi connectivity index (χ1) is 13.5. The van der Waals surface area contributed by atoms with E-state index in [1.54, 1.807) is 0 Å². The molecule has 28 heavy (non-hydrogen) atoms. The molecule has 0 aliphatic heterocycles. The van der Waals surface area contributed by atoms with E-state index in [1.807, 2.05) is 53.1 Å². The standard InChI is InChI=1S/C22H25ClN4O/c1-15(2)19(20-26-25-18-7-3-6-14-27(18)20)24-21(28)22(12-4-5-13-22)16-8-10-17(23)11-9-16/h3,6-11,14-15,19H,4-5,12-13H2,1-2H3,(H,24,28)/t19-/m0/s1. The van der Waals surface area contributed by atoms with Crippen molar-refractivity contribution in [3.05, 3.63) is 65.1 Å². The van der Waals surface area contributed by atoms with Crippen molar-refractivity contribution in [1.29, 1.82) is 0 Å². The number of hydrogen-bond acceptors (Lipinski definition) is 3. The van der Waals surface area contributed by atoms with Crippen LogP contribution in [0.25, 0.3) is 5.65 Å². The fourth-order valence-corrected chi connectivity index (χ4v) is 4.40. The first kappa shape index (κ1) is 18.9. The van der Waals surface area contributed by atoms with Crippen LogP contribution in [-0.4, -0.2) is 20.5 Å². The number of nitrogens with zero attached hydrogens (tertiary/aromatic N) is 3. The van der Waals surface area contributed by atoms with E-state index in [9.17, 15) is 4.79 Å². The molecule has 1 aromatic carbocycles. The average molecular weight is 397 g/mol. The van der Waals surface area contributed by atoms with Crippen molar-refractivity contribution in [1.82, 2.24) is 19.9 Å². The Balaban J connectivity index is 1.68. The molecule has 3 aromatic rings. The summed E-state index contributed by atoms with van der Waals surface area (Å²) in [5.74, 6) is 1.02. The van der Waals surface area contributed by atoms with Crippen molar-refractivity contribution in [2.75, 3.05) is 0 Å². The zero-order valence-corrected chi connectivity index (χ0v) is 17.0. The van der Waals surface area contributed by atoms with Crippen LogP contribution in [0.3, 0.4) is 0 Å². The van der Waals surface area contributed by atoms with E-state index in [1.165, 1.54) is 0 Å². The summed E-state index contributed by atoms with van der Waals surface area (Å²) in [4.78, 5) is 13.6. The molecule has 5 nitrogen and oxygen atoms in total. The number of fused-ring (bicyclic) bond motifs is 1. The van der Waals surface area contributed by atoms with Gasteiger partial charge in [-0.05, 0) is 48.6 Å². The summed E-state index contributed by atoms with van der Waals surface area (Å²) >= 11 is 6.07. The number of carbonyl (C=O) groups is 1. The molecule has 1 atom stereocenters. The molecular weight excluding hydrogens is 372 g/mol. The molecule has 1 fully saturated rings. The highest BCUT2D eigenvalue weighted by Crippen LogP contribution is 2.42. The number of pyridine rings is 1. The summed E-state index contributed by atoms with van der Waals surface area (Å²) in [6.07, 6.45) is 5.75. The lowest BCUT2D eigenvalue weighted by molar-refractivity contribution is -0.127. The quantitative estimate of drug-likeness (QED) is 0.679. The molecule has 2 aromatic heterocycles. The number of aromatic nitrogens is 3. The lowest BCUT2D eigenvalue weighted by atomic mass is 9.77. The van der Waals surface area contributed by atoms with Gasteiger partial charge < -0.3 is 5.32 Å². The monoisotopic (exact) mass is 396 g/mol. The SMILES string of the molecule is CC(C)[C@H](NC(=O)C1(c2ccc(Cl)cc2)CCCC1)c1nnc2ccccn12. The third kappa shape index (κ3) is 3.28. The minimum Gasteiger partial charge on any atom is -0.345 e. The molecule has 0 bridgehead atoms. The molecule has 4 rings (SSSR count). The first-order valence-electron chi connectivity index (χ1n) is 9.88. The summed E-state index contributed by atoms with van der Waals surface area (Å²) in [5.41, 5.74) is 1.32. The van der Waals surface area contributed by atoms with Gasteiger partial charge >= 0.3 is 0 Å². The summed E-state index contributed by atoms with van der Waals surface area (Å²) in [7, 11) is 0. The molecule has 1 aliphatic rings. The lowest BCUT2D eigenvalue weighted by Crippen LogP contribution is -2.45. The zero-order valence-electron chi connectivity index (χ0n) is 16.2. The maximum atomic E-state index is 13.6. The van der Waals surface area contributed by atoms with E-state index in [0.29, 0.717) is 5.02 Å². The van der Waals surface area contributed by atoms with E-state index in [-0.39, 0.29) is 17.9 Å². The smallest absolute Gasteiger partial charge is 0.231 e. The van der Waals surface area contributed by atoms with Gasteiger partial charge in [0.05, 0.1) is 11.5 Å². The second-order valence-corrected chi connectivity index (χ2v) is 8.41. The molecule has 0 saturated heterocycles. The van der Waals surface area contributed by atoms with Gasteiger partial charge in [0.1, 0.15) is 0 Å². The number of carbonyl (C=O) groups excluding carboxylic acids is 1. The Morgan fingerprint density at radius 1 is 1.11 bits per heavy atom. The maximum absolute atomic E-state index is 13.6. The number of halogens is 1. The van der Waals surface area contributed by atoms with Gasteiger partial charge in [0.25, 0.3) is 0 Å². The predicted molar refractivity (Wildman–Crippen MR) is 110 cm³/mol. The first-order valence-corrected chi connectivity index (χ1v) is 10.3. The number of nitrogens with one attached hydrogen (secondary N) is 1. The van der Waals surface area contributed by atoms with Crippen LogP contribution >= 0.6 is 11.6 Å². The number of hydrogen-bond donors (Lipinski definition) is 1. The Hall–Kier alpha value is -2.40. The minimum atomic E-state index is -0.502. The zero-order chi connectivity index (χ0) is 19.7. The summed E-state index contributed by atoms with van der Waals surface area (Å²) in [6, 6.07) is 13.3. The highest BCUT2D eigenvalue weighted by Gasteiger charge is 2.44. The summed E-state index contributed by atoms with van der Waals surface area (Å²) in [6.45, 7) is 4.19. The van der Waals surface area contributed by atoms with Crippen LogP contribution < -0.4 is 5.32 Å². The number of amides is 1. The Morgan fingerprint density at radius 3 is 2.50 bits per heavy atom. The van der Waals surface area contributed by atoms with Crippen molar-refractivity contribution in [2.24, 2.45) is 5.92 Å². The van der Waals surface area contributed by atoms with Gasteiger partial charge in [-0.1, -0.05) is 56.5 Å². The Bertz CT molecular complexity index is 974. The highest BCUT2D eigenvalue weighted by atomic mass is 35.5. The predicted octanol–water partition coefficient (Wildman–Crippen LogP) is 4.71. The average Bonchev–Trinajstić information content (AvgIpc) is 3.34.